The van der Waals surface area contributed by atoms with Crippen molar-refractivity contribution in [2.75, 3.05) is 6.54 Å². The van der Waals surface area contributed by atoms with Crippen LogP contribution in [-0.2, 0) is 0 Å². The van der Waals surface area contributed by atoms with Gasteiger partial charge in [0.05, 0.1) is 0 Å². The maximum Gasteiger partial charge on any atom is 0.0349 e. The Bertz CT molecular complexity index is 516. The summed E-state index contributed by atoms with van der Waals surface area (Å²) in [6.07, 6.45) is 10.3. The lowest BCUT2D eigenvalue weighted by molar-refractivity contribution is 0.484. The van der Waals surface area contributed by atoms with Crippen molar-refractivity contribution in [2.24, 2.45) is 0 Å². The van der Waals surface area contributed by atoms with Crippen molar-refractivity contribution in [3.63, 3.8) is 0 Å². The highest BCUT2D eigenvalue weighted by molar-refractivity contribution is 5.85. The number of unbranched alkanes of at least 4 members (excludes halogenated alkanes) is 3. The standard InChI is InChI=1S/C18H26N2/c1-3-5-6-7-11-18(20-4-2)16-10-8-9-15-12-13-19-14-17(15)16/h8-10,12-14,18,20H,3-7,11H2,1-2H3. The van der Waals surface area contributed by atoms with Crippen LogP contribution in [0.2, 0.25) is 0 Å². The number of benzene rings is 1. The number of nitrogens with one attached hydrogen (secondary N) is 1. The SMILES string of the molecule is CCCCCCC(NCC)c1cccc2ccncc12. The third-order valence-corrected chi connectivity index (χ3v) is 3.89. The molecule has 0 radical (unpaired) electrons. The average molecular weight is 270 g/mol. The summed E-state index contributed by atoms with van der Waals surface area (Å²) in [5.74, 6) is 0. The van der Waals surface area contributed by atoms with E-state index in [1.54, 1.807) is 0 Å². The molecule has 2 nitrogen and oxygen atoms in total. The smallest absolute Gasteiger partial charge is 0.0349 e. The molecule has 1 unspecified atom stereocenters. The lowest BCUT2D eigenvalue weighted by atomic mass is 9.96. The van der Waals surface area contributed by atoms with Gasteiger partial charge in [0.2, 0.25) is 0 Å². The van der Waals surface area contributed by atoms with Gasteiger partial charge in [-0.3, -0.25) is 4.98 Å². The van der Waals surface area contributed by atoms with E-state index in [2.05, 4.69) is 48.4 Å². The first-order valence-electron chi connectivity index (χ1n) is 7.92. The normalized spacial score (nSPS) is 12.7. The Morgan fingerprint density at radius 3 is 2.80 bits per heavy atom. The molecule has 0 amide bonds. The predicted octanol–water partition coefficient (Wildman–Crippen LogP) is 4.86. The molecule has 1 atom stereocenters. The molecule has 2 heteroatoms. The molecule has 0 saturated carbocycles. The topological polar surface area (TPSA) is 24.9 Å². The molecule has 0 aliphatic rings. The minimum atomic E-state index is 0.449. The number of aromatic nitrogens is 1. The van der Waals surface area contributed by atoms with Crippen molar-refractivity contribution in [3.8, 4) is 0 Å². The van der Waals surface area contributed by atoms with Gasteiger partial charge in [0.15, 0.2) is 0 Å². The second kappa shape index (κ2) is 8.01. The highest BCUT2D eigenvalue weighted by atomic mass is 14.9. The highest BCUT2D eigenvalue weighted by Crippen LogP contribution is 2.27. The zero-order valence-corrected chi connectivity index (χ0v) is 12.7. The van der Waals surface area contributed by atoms with E-state index in [0.29, 0.717) is 6.04 Å². The highest BCUT2D eigenvalue weighted by Gasteiger charge is 2.12. The van der Waals surface area contributed by atoms with Gasteiger partial charge in [-0.25, -0.2) is 0 Å². The molecule has 0 aliphatic heterocycles. The van der Waals surface area contributed by atoms with Crippen molar-refractivity contribution >= 4 is 10.8 Å². The summed E-state index contributed by atoms with van der Waals surface area (Å²) >= 11 is 0. The van der Waals surface area contributed by atoms with E-state index in [9.17, 15) is 0 Å². The van der Waals surface area contributed by atoms with Gasteiger partial charge in [-0.1, -0.05) is 57.7 Å². The van der Waals surface area contributed by atoms with Crippen LogP contribution in [0.15, 0.2) is 36.7 Å². The van der Waals surface area contributed by atoms with E-state index < -0.39 is 0 Å². The van der Waals surface area contributed by atoms with Crippen LogP contribution in [0.25, 0.3) is 10.8 Å². The van der Waals surface area contributed by atoms with Crippen molar-refractivity contribution in [1.82, 2.24) is 10.3 Å². The zero-order valence-electron chi connectivity index (χ0n) is 12.7. The Balaban J connectivity index is 2.18. The number of hydrogen-bond donors (Lipinski definition) is 1. The maximum atomic E-state index is 4.30. The molecule has 1 aromatic carbocycles. The van der Waals surface area contributed by atoms with E-state index in [1.807, 2.05) is 12.4 Å². The Labute approximate surface area is 122 Å². The van der Waals surface area contributed by atoms with Gasteiger partial charge in [-0.05, 0) is 30.0 Å². The minimum Gasteiger partial charge on any atom is -0.310 e. The molecule has 0 bridgehead atoms. The third kappa shape index (κ3) is 3.80. The molecule has 2 aromatic rings. The fourth-order valence-electron chi connectivity index (χ4n) is 2.83. The number of nitrogens with zero attached hydrogens (tertiary/aromatic N) is 1. The molecule has 2 rings (SSSR count). The molecule has 20 heavy (non-hydrogen) atoms. The summed E-state index contributed by atoms with van der Waals surface area (Å²) in [4.78, 5) is 4.30. The molecule has 108 valence electrons. The number of hydrogen-bond acceptors (Lipinski definition) is 2. The van der Waals surface area contributed by atoms with Crippen LogP contribution in [0, 0.1) is 0 Å². The Kier molecular flexibility index (Phi) is 6.00. The first-order chi connectivity index (χ1) is 9.86. The summed E-state index contributed by atoms with van der Waals surface area (Å²) in [7, 11) is 0. The summed E-state index contributed by atoms with van der Waals surface area (Å²) in [6.45, 7) is 5.45. The van der Waals surface area contributed by atoms with E-state index >= 15 is 0 Å². The van der Waals surface area contributed by atoms with Crippen LogP contribution < -0.4 is 5.32 Å². The van der Waals surface area contributed by atoms with Gasteiger partial charge >= 0.3 is 0 Å². The third-order valence-electron chi connectivity index (χ3n) is 3.89. The van der Waals surface area contributed by atoms with Gasteiger partial charge < -0.3 is 5.32 Å². The van der Waals surface area contributed by atoms with Crippen molar-refractivity contribution < 1.29 is 0 Å². The van der Waals surface area contributed by atoms with Crippen molar-refractivity contribution in [3.05, 3.63) is 42.2 Å². The lowest BCUT2D eigenvalue weighted by Gasteiger charge is -2.20. The van der Waals surface area contributed by atoms with Gasteiger partial charge in [-0.15, -0.1) is 0 Å². The molecular formula is C18H26N2. The van der Waals surface area contributed by atoms with Gasteiger partial charge in [-0.2, -0.15) is 0 Å². The van der Waals surface area contributed by atoms with E-state index in [0.717, 1.165) is 6.54 Å². The maximum absolute atomic E-state index is 4.30. The van der Waals surface area contributed by atoms with Gasteiger partial charge in [0.1, 0.15) is 0 Å². The van der Waals surface area contributed by atoms with Gasteiger partial charge in [0, 0.05) is 23.8 Å². The Morgan fingerprint density at radius 2 is 2.00 bits per heavy atom. The van der Waals surface area contributed by atoms with Crippen LogP contribution in [0.1, 0.15) is 57.6 Å². The lowest BCUT2D eigenvalue weighted by Crippen LogP contribution is -2.21. The van der Waals surface area contributed by atoms with Crippen molar-refractivity contribution in [1.29, 1.82) is 0 Å². The second-order valence-corrected chi connectivity index (χ2v) is 5.40. The average Bonchev–Trinajstić information content (AvgIpc) is 2.50. The molecule has 0 saturated heterocycles. The van der Waals surface area contributed by atoms with E-state index in [-0.39, 0.29) is 0 Å². The van der Waals surface area contributed by atoms with Crippen LogP contribution in [-0.4, -0.2) is 11.5 Å². The first kappa shape index (κ1) is 15.0. The van der Waals surface area contributed by atoms with Gasteiger partial charge in [0.25, 0.3) is 0 Å². The van der Waals surface area contributed by atoms with Crippen LogP contribution >= 0.6 is 0 Å². The van der Waals surface area contributed by atoms with Crippen molar-refractivity contribution in [2.45, 2.75) is 52.0 Å². The molecule has 1 heterocycles. The Hall–Kier alpha value is -1.41. The number of fused-ring (bicyclic) bond motifs is 1. The fraction of sp³-hybridized carbons (Fsp3) is 0.500. The largest absolute Gasteiger partial charge is 0.310 e. The molecule has 1 N–H and O–H groups in total. The first-order valence-corrected chi connectivity index (χ1v) is 7.92. The summed E-state index contributed by atoms with van der Waals surface area (Å²) in [5.41, 5.74) is 1.40. The Morgan fingerprint density at radius 1 is 1.10 bits per heavy atom. The molecule has 0 aliphatic carbocycles. The zero-order chi connectivity index (χ0) is 14.2. The number of rotatable bonds is 8. The van der Waals surface area contributed by atoms with E-state index in [4.69, 9.17) is 0 Å². The van der Waals surface area contributed by atoms with Crippen LogP contribution in [0.3, 0.4) is 0 Å². The van der Waals surface area contributed by atoms with E-state index in [1.165, 1.54) is 48.4 Å². The predicted molar refractivity (Wildman–Crippen MR) is 86.9 cm³/mol. The summed E-state index contributed by atoms with van der Waals surface area (Å²) in [5, 5.41) is 6.21. The monoisotopic (exact) mass is 270 g/mol. The quantitative estimate of drug-likeness (QED) is 0.693. The number of pyridine rings is 1. The van der Waals surface area contributed by atoms with Crippen LogP contribution in [0.5, 0.6) is 0 Å². The molecular weight excluding hydrogens is 244 g/mol. The van der Waals surface area contributed by atoms with Crippen LogP contribution in [0.4, 0.5) is 0 Å². The molecule has 1 aromatic heterocycles. The summed E-state index contributed by atoms with van der Waals surface area (Å²) < 4.78 is 0. The second-order valence-electron chi connectivity index (χ2n) is 5.40. The molecule has 0 spiro atoms. The summed E-state index contributed by atoms with van der Waals surface area (Å²) in [6, 6.07) is 9.12. The fourth-order valence-corrected chi connectivity index (χ4v) is 2.83. The minimum absolute atomic E-state index is 0.449. The molecule has 0 fully saturated rings.